The lowest BCUT2D eigenvalue weighted by Crippen LogP contribution is -1.88. The summed E-state index contributed by atoms with van der Waals surface area (Å²) in [5.74, 6) is -0.421. The zero-order chi connectivity index (χ0) is 9.26. The zero-order valence-electron chi connectivity index (χ0n) is 6.59. The van der Waals surface area contributed by atoms with Crippen molar-refractivity contribution in [2.75, 3.05) is 0 Å². The maximum absolute atomic E-state index is 13.2. The molecule has 0 bridgehead atoms. The molecule has 1 N–H and O–H groups in total. The molecule has 0 atom stereocenters. The molecule has 0 aliphatic carbocycles. The Kier molecular flexibility index (Phi) is 2.02. The van der Waals surface area contributed by atoms with Crippen LogP contribution in [0.3, 0.4) is 0 Å². The quantitative estimate of drug-likeness (QED) is 0.747. The van der Waals surface area contributed by atoms with Gasteiger partial charge in [0.1, 0.15) is 5.69 Å². The van der Waals surface area contributed by atoms with E-state index in [-0.39, 0.29) is 5.69 Å². The fraction of sp³-hybridized carbons (Fsp3) is 0. The van der Waals surface area contributed by atoms with Crippen LogP contribution >= 0.6 is 11.6 Å². The van der Waals surface area contributed by atoms with Crippen LogP contribution in [-0.4, -0.2) is 9.97 Å². The van der Waals surface area contributed by atoms with Gasteiger partial charge in [0.05, 0.1) is 10.7 Å². The molecule has 2 nitrogen and oxygen atoms in total. The van der Waals surface area contributed by atoms with Gasteiger partial charge in [-0.25, -0.2) is 4.39 Å². The number of rotatable bonds is 1. The molecule has 0 saturated heterocycles. The van der Waals surface area contributed by atoms with Crippen LogP contribution in [-0.2, 0) is 0 Å². The SMILES string of the molecule is Fc1cc(Cl)cnc1-c1ccc[nH]1. The Morgan fingerprint density at radius 3 is 2.92 bits per heavy atom. The highest BCUT2D eigenvalue weighted by molar-refractivity contribution is 6.30. The standard InChI is InChI=1S/C9H6ClFN2/c10-6-4-7(11)9(13-5-6)8-2-1-3-12-8/h1-5,12H. The monoisotopic (exact) mass is 196 g/mol. The van der Waals surface area contributed by atoms with Gasteiger partial charge in [0.25, 0.3) is 0 Å². The molecule has 0 radical (unpaired) electrons. The number of H-pyrrole nitrogens is 1. The van der Waals surface area contributed by atoms with E-state index in [4.69, 9.17) is 11.6 Å². The Bertz CT molecular complexity index is 412. The topological polar surface area (TPSA) is 28.7 Å². The first kappa shape index (κ1) is 8.26. The van der Waals surface area contributed by atoms with Crippen molar-refractivity contribution in [2.45, 2.75) is 0 Å². The van der Waals surface area contributed by atoms with Gasteiger partial charge in [0.15, 0.2) is 5.82 Å². The van der Waals surface area contributed by atoms with Gasteiger partial charge in [-0.1, -0.05) is 11.6 Å². The number of halogens is 2. The van der Waals surface area contributed by atoms with Crippen molar-refractivity contribution >= 4 is 11.6 Å². The Hall–Kier alpha value is -1.35. The van der Waals surface area contributed by atoms with Crippen molar-refractivity contribution in [1.29, 1.82) is 0 Å². The third-order valence-electron chi connectivity index (χ3n) is 1.66. The van der Waals surface area contributed by atoms with Gasteiger partial charge in [-0.2, -0.15) is 0 Å². The van der Waals surface area contributed by atoms with E-state index < -0.39 is 5.82 Å². The molecule has 2 aromatic heterocycles. The summed E-state index contributed by atoms with van der Waals surface area (Å²) in [6.45, 7) is 0. The van der Waals surface area contributed by atoms with Crippen molar-refractivity contribution in [3.05, 3.63) is 41.4 Å². The molecule has 13 heavy (non-hydrogen) atoms. The van der Waals surface area contributed by atoms with Crippen LogP contribution < -0.4 is 0 Å². The summed E-state index contributed by atoms with van der Waals surface area (Å²) < 4.78 is 13.2. The average molecular weight is 197 g/mol. The Labute approximate surface area is 79.4 Å². The van der Waals surface area contributed by atoms with Crippen LogP contribution in [0, 0.1) is 5.82 Å². The molecule has 2 rings (SSSR count). The van der Waals surface area contributed by atoms with Gasteiger partial charge in [-0.05, 0) is 18.2 Å². The molecule has 66 valence electrons. The van der Waals surface area contributed by atoms with Crippen LogP contribution in [0.5, 0.6) is 0 Å². The highest BCUT2D eigenvalue weighted by Gasteiger charge is 2.06. The third kappa shape index (κ3) is 1.55. The summed E-state index contributed by atoms with van der Waals surface area (Å²) in [5.41, 5.74) is 0.934. The van der Waals surface area contributed by atoms with Gasteiger partial charge in [-0.3, -0.25) is 4.98 Å². The molecule has 0 aliphatic heterocycles. The lowest BCUT2D eigenvalue weighted by atomic mass is 10.2. The summed E-state index contributed by atoms with van der Waals surface area (Å²) >= 11 is 5.57. The number of pyridine rings is 1. The van der Waals surface area contributed by atoms with Gasteiger partial charge >= 0.3 is 0 Å². The maximum atomic E-state index is 13.2. The predicted octanol–water partition coefficient (Wildman–Crippen LogP) is 2.87. The summed E-state index contributed by atoms with van der Waals surface area (Å²) in [6.07, 6.45) is 3.13. The fourth-order valence-electron chi connectivity index (χ4n) is 1.09. The lowest BCUT2D eigenvalue weighted by Gasteiger charge is -1.98. The summed E-state index contributed by atoms with van der Waals surface area (Å²) in [4.78, 5) is 6.75. The molecule has 0 saturated carbocycles. The largest absolute Gasteiger partial charge is 0.360 e. The van der Waals surface area contributed by atoms with E-state index in [1.807, 2.05) is 0 Å². The second kappa shape index (κ2) is 3.18. The molecular formula is C9H6ClFN2. The van der Waals surface area contributed by atoms with Crippen molar-refractivity contribution in [3.8, 4) is 11.4 Å². The highest BCUT2D eigenvalue weighted by atomic mass is 35.5. The van der Waals surface area contributed by atoms with Gasteiger partial charge < -0.3 is 4.98 Å². The van der Waals surface area contributed by atoms with E-state index in [0.29, 0.717) is 10.7 Å². The minimum absolute atomic E-state index is 0.286. The van der Waals surface area contributed by atoms with Gasteiger partial charge in [0, 0.05) is 12.4 Å². The Balaban J connectivity index is 2.53. The first-order valence-corrected chi connectivity index (χ1v) is 4.10. The second-order valence-electron chi connectivity index (χ2n) is 2.57. The smallest absolute Gasteiger partial charge is 0.152 e. The van der Waals surface area contributed by atoms with E-state index in [1.165, 1.54) is 12.3 Å². The van der Waals surface area contributed by atoms with E-state index in [1.54, 1.807) is 18.3 Å². The van der Waals surface area contributed by atoms with Crippen LogP contribution in [0.2, 0.25) is 5.02 Å². The molecule has 0 fully saturated rings. The number of aromatic amines is 1. The predicted molar refractivity (Wildman–Crippen MR) is 49.0 cm³/mol. The molecule has 0 aromatic carbocycles. The molecule has 0 aliphatic rings. The Morgan fingerprint density at radius 1 is 1.46 bits per heavy atom. The fourth-order valence-corrected chi connectivity index (χ4v) is 1.23. The number of nitrogens with zero attached hydrogens (tertiary/aromatic N) is 1. The normalized spacial score (nSPS) is 10.3. The summed E-state index contributed by atoms with van der Waals surface area (Å²) in [7, 11) is 0. The lowest BCUT2D eigenvalue weighted by molar-refractivity contribution is 0.625. The first-order valence-electron chi connectivity index (χ1n) is 3.72. The number of aromatic nitrogens is 2. The molecule has 2 aromatic rings. The summed E-state index contributed by atoms with van der Waals surface area (Å²) in [6, 6.07) is 4.77. The maximum Gasteiger partial charge on any atom is 0.152 e. The Morgan fingerprint density at radius 2 is 2.31 bits per heavy atom. The average Bonchev–Trinajstić information content (AvgIpc) is 2.56. The second-order valence-corrected chi connectivity index (χ2v) is 3.00. The molecule has 0 amide bonds. The molecular weight excluding hydrogens is 191 g/mol. The van der Waals surface area contributed by atoms with Crippen molar-refractivity contribution < 1.29 is 4.39 Å². The van der Waals surface area contributed by atoms with Crippen molar-refractivity contribution in [2.24, 2.45) is 0 Å². The van der Waals surface area contributed by atoms with Crippen molar-refractivity contribution in [3.63, 3.8) is 0 Å². The van der Waals surface area contributed by atoms with E-state index in [0.717, 1.165) is 0 Å². The molecule has 0 spiro atoms. The zero-order valence-corrected chi connectivity index (χ0v) is 7.35. The van der Waals surface area contributed by atoms with Gasteiger partial charge in [-0.15, -0.1) is 0 Å². The van der Waals surface area contributed by atoms with Crippen molar-refractivity contribution in [1.82, 2.24) is 9.97 Å². The van der Waals surface area contributed by atoms with Crippen LogP contribution in [0.15, 0.2) is 30.6 Å². The molecule has 2 heterocycles. The van der Waals surface area contributed by atoms with Crippen LogP contribution in [0.25, 0.3) is 11.4 Å². The van der Waals surface area contributed by atoms with E-state index in [2.05, 4.69) is 9.97 Å². The van der Waals surface area contributed by atoms with E-state index >= 15 is 0 Å². The van der Waals surface area contributed by atoms with E-state index in [9.17, 15) is 4.39 Å². The summed E-state index contributed by atoms with van der Waals surface area (Å²) in [5, 5.41) is 0.299. The molecule has 0 unspecified atom stereocenters. The van der Waals surface area contributed by atoms with Crippen LogP contribution in [0.4, 0.5) is 4.39 Å². The minimum atomic E-state index is -0.421. The highest BCUT2D eigenvalue weighted by Crippen LogP contribution is 2.20. The molecule has 4 heteroatoms. The minimum Gasteiger partial charge on any atom is -0.360 e. The number of nitrogens with one attached hydrogen (secondary N) is 1. The van der Waals surface area contributed by atoms with Crippen LogP contribution in [0.1, 0.15) is 0 Å². The van der Waals surface area contributed by atoms with Gasteiger partial charge in [0.2, 0.25) is 0 Å². The number of hydrogen-bond acceptors (Lipinski definition) is 1. The first-order chi connectivity index (χ1) is 6.27. The number of hydrogen-bond donors (Lipinski definition) is 1. The third-order valence-corrected chi connectivity index (χ3v) is 1.87.